The maximum atomic E-state index is 9.53. The van der Waals surface area contributed by atoms with Crippen LogP contribution in [0.1, 0.15) is 17.0 Å². The van der Waals surface area contributed by atoms with Crippen molar-refractivity contribution in [2.45, 2.75) is 12.3 Å². The smallest absolute Gasteiger partial charge is 0.129 e. The van der Waals surface area contributed by atoms with E-state index in [0.29, 0.717) is 11.0 Å². The van der Waals surface area contributed by atoms with Crippen LogP contribution in [0.25, 0.3) is 0 Å². The second-order valence-electron chi connectivity index (χ2n) is 4.70. The third kappa shape index (κ3) is 3.52. The Labute approximate surface area is 127 Å². The minimum Gasteiger partial charge on any atom is -0.507 e. The summed E-state index contributed by atoms with van der Waals surface area (Å²) in [6.45, 7) is 0.561. The molecule has 106 valence electrons. The molecule has 2 aromatic carbocycles. The molecule has 1 unspecified atom stereocenters. The molecule has 0 aliphatic heterocycles. The molecule has 2 aromatic rings. The van der Waals surface area contributed by atoms with Crippen LogP contribution < -0.4 is 10.5 Å². The standard InChI is InChI=1S/C16H18BrNO2/c1-20-14-4-2-3-12(9-14)13(10-18)7-11-5-6-16(19)15(17)8-11/h2-6,8-9,13,19H,7,10,18H2,1H3. The Morgan fingerprint density at radius 3 is 2.70 bits per heavy atom. The van der Waals surface area contributed by atoms with E-state index >= 15 is 0 Å². The van der Waals surface area contributed by atoms with E-state index in [1.54, 1.807) is 13.2 Å². The molecule has 4 heteroatoms. The molecule has 0 heterocycles. The SMILES string of the molecule is COc1cccc(C(CN)Cc2ccc(O)c(Br)c2)c1. The molecule has 0 radical (unpaired) electrons. The lowest BCUT2D eigenvalue weighted by molar-refractivity contribution is 0.413. The highest BCUT2D eigenvalue weighted by Crippen LogP contribution is 2.28. The molecule has 0 saturated carbocycles. The van der Waals surface area contributed by atoms with Crippen molar-refractivity contribution in [1.29, 1.82) is 0 Å². The number of aromatic hydroxyl groups is 1. The van der Waals surface area contributed by atoms with Crippen molar-refractivity contribution in [1.82, 2.24) is 0 Å². The Bertz CT molecular complexity index is 586. The number of rotatable bonds is 5. The first-order valence-corrected chi connectivity index (χ1v) is 7.24. The summed E-state index contributed by atoms with van der Waals surface area (Å²) in [4.78, 5) is 0. The summed E-state index contributed by atoms with van der Waals surface area (Å²) in [6, 6.07) is 13.5. The van der Waals surface area contributed by atoms with Gasteiger partial charge in [-0.1, -0.05) is 18.2 Å². The molecule has 0 aliphatic rings. The van der Waals surface area contributed by atoms with Crippen LogP contribution in [0, 0.1) is 0 Å². The third-order valence-corrected chi connectivity index (χ3v) is 3.98. The highest BCUT2D eigenvalue weighted by atomic mass is 79.9. The van der Waals surface area contributed by atoms with Crippen molar-refractivity contribution in [2.24, 2.45) is 5.73 Å². The lowest BCUT2D eigenvalue weighted by atomic mass is 9.92. The Morgan fingerprint density at radius 2 is 2.05 bits per heavy atom. The lowest BCUT2D eigenvalue weighted by Crippen LogP contribution is -2.15. The first kappa shape index (κ1) is 14.9. The normalized spacial score (nSPS) is 12.2. The molecule has 0 bridgehead atoms. The summed E-state index contributed by atoms with van der Waals surface area (Å²) in [6.07, 6.45) is 0.822. The maximum absolute atomic E-state index is 9.53. The van der Waals surface area contributed by atoms with E-state index in [4.69, 9.17) is 10.5 Å². The van der Waals surface area contributed by atoms with E-state index in [0.717, 1.165) is 23.3 Å². The van der Waals surface area contributed by atoms with Crippen molar-refractivity contribution in [3.8, 4) is 11.5 Å². The van der Waals surface area contributed by atoms with Gasteiger partial charge < -0.3 is 15.6 Å². The maximum Gasteiger partial charge on any atom is 0.129 e. The number of nitrogens with two attached hydrogens (primary N) is 1. The van der Waals surface area contributed by atoms with Gasteiger partial charge in [0, 0.05) is 5.92 Å². The van der Waals surface area contributed by atoms with Crippen LogP contribution in [0.3, 0.4) is 0 Å². The lowest BCUT2D eigenvalue weighted by Gasteiger charge is -2.16. The monoisotopic (exact) mass is 335 g/mol. The summed E-state index contributed by atoms with van der Waals surface area (Å²) >= 11 is 3.34. The van der Waals surface area contributed by atoms with Gasteiger partial charge in [0.15, 0.2) is 0 Å². The first-order chi connectivity index (χ1) is 9.63. The first-order valence-electron chi connectivity index (χ1n) is 6.45. The van der Waals surface area contributed by atoms with Gasteiger partial charge in [0.25, 0.3) is 0 Å². The zero-order valence-electron chi connectivity index (χ0n) is 11.3. The van der Waals surface area contributed by atoms with E-state index in [2.05, 4.69) is 22.0 Å². The van der Waals surface area contributed by atoms with Gasteiger partial charge in [0.1, 0.15) is 11.5 Å². The van der Waals surface area contributed by atoms with Gasteiger partial charge in [0.2, 0.25) is 0 Å². The van der Waals surface area contributed by atoms with Crippen molar-refractivity contribution >= 4 is 15.9 Å². The zero-order valence-corrected chi connectivity index (χ0v) is 12.9. The molecule has 0 aliphatic carbocycles. The molecular weight excluding hydrogens is 318 g/mol. The molecule has 0 spiro atoms. The Hall–Kier alpha value is -1.52. The number of phenolic OH excluding ortho intramolecular Hbond substituents is 1. The van der Waals surface area contributed by atoms with Crippen molar-refractivity contribution in [3.05, 3.63) is 58.1 Å². The Balaban J connectivity index is 2.21. The summed E-state index contributed by atoms with van der Waals surface area (Å²) < 4.78 is 5.96. The van der Waals surface area contributed by atoms with Crippen LogP contribution in [0.4, 0.5) is 0 Å². The number of ether oxygens (including phenoxy) is 1. The van der Waals surface area contributed by atoms with E-state index in [-0.39, 0.29) is 11.7 Å². The number of benzene rings is 2. The van der Waals surface area contributed by atoms with E-state index in [1.807, 2.05) is 30.3 Å². The third-order valence-electron chi connectivity index (χ3n) is 3.34. The number of hydrogen-bond donors (Lipinski definition) is 2. The van der Waals surface area contributed by atoms with Gasteiger partial charge in [-0.2, -0.15) is 0 Å². The van der Waals surface area contributed by atoms with Crippen molar-refractivity contribution < 1.29 is 9.84 Å². The summed E-state index contributed by atoms with van der Waals surface area (Å²) in [7, 11) is 1.66. The van der Waals surface area contributed by atoms with Crippen LogP contribution in [-0.2, 0) is 6.42 Å². The molecule has 0 saturated heterocycles. The number of methoxy groups -OCH3 is 1. The summed E-state index contributed by atoms with van der Waals surface area (Å²) in [5.74, 6) is 1.31. The number of hydrogen-bond acceptors (Lipinski definition) is 3. The van der Waals surface area contributed by atoms with Crippen LogP contribution >= 0.6 is 15.9 Å². The topological polar surface area (TPSA) is 55.5 Å². The second-order valence-corrected chi connectivity index (χ2v) is 5.55. The van der Waals surface area contributed by atoms with Gasteiger partial charge >= 0.3 is 0 Å². The van der Waals surface area contributed by atoms with Crippen molar-refractivity contribution in [3.63, 3.8) is 0 Å². The van der Waals surface area contributed by atoms with E-state index < -0.39 is 0 Å². The van der Waals surface area contributed by atoms with Crippen LogP contribution in [0.15, 0.2) is 46.9 Å². The minimum absolute atomic E-state index is 0.224. The minimum atomic E-state index is 0.224. The summed E-state index contributed by atoms with van der Waals surface area (Å²) in [5, 5.41) is 9.53. The molecular formula is C16H18BrNO2. The predicted octanol–water partition coefficient (Wildman–Crippen LogP) is 3.45. The highest BCUT2D eigenvalue weighted by molar-refractivity contribution is 9.10. The Kier molecular flexibility index (Phi) is 5.04. The highest BCUT2D eigenvalue weighted by Gasteiger charge is 2.12. The largest absolute Gasteiger partial charge is 0.507 e. The molecule has 0 fully saturated rings. The van der Waals surface area contributed by atoms with Crippen molar-refractivity contribution in [2.75, 3.05) is 13.7 Å². The number of phenols is 1. The van der Waals surface area contributed by atoms with Crippen LogP contribution in [0.2, 0.25) is 0 Å². The fraction of sp³-hybridized carbons (Fsp3) is 0.250. The molecule has 3 N–H and O–H groups in total. The predicted molar refractivity (Wildman–Crippen MR) is 84.3 cm³/mol. The molecule has 3 nitrogen and oxygen atoms in total. The molecule has 0 amide bonds. The molecule has 0 aromatic heterocycles. The van der Waals surface area contributed by atoms with Gasteiger partial charge in [-0.05, 0) is 64.3 Å². The van der Waals surface area contributed by atoms with E-state index in [9.17, 15) is 5.11 Å². The van der Waals surface area contributed by atoms with Gasteiger partial charge in [0.05, 0.1) is 11.6 Å². The quantitative estimate of drug-likeness (QED) is 0.879. The van der Waals surface area contributed by atoms with Crippen LogP contribution in [0.5, 0.6) is 11.5 Å². The Morgan fingerprint density at radius 1 is 1.25 bits per heavy atom. The fourth-order valence-corrected chi connectivity index (χ4v) is 2.62. The van der Waals surface area contributed by atoms with Crippen LogP contribution in [-0.4, -0.2) is 18.8 Å². The molecule has 2 rings (SSSR count). The second kappa shape index (κ2) is 6.77. The summed E-state index contributed by atoms with van der Waals surface area (Å²) in [5.41, 5.74) is 8.21. The number of halogens is 1. The van der Waals surface area contributed by atoms with Gasteiger partial charge in [-0.25, -0.2) is 0 Å². The molecule has 20 heavy (non-hydrogen) atoms. The average Bonchev–Trinajstić information content (AvgIpc) is 2.48. The molecule has 1 atom stereocenters. The van der Waals surface area contributed by atoms with Gasteiger partial charge in [-0.3, -0.25) is 0 Å². The fourth-order valence-electron chi connectivity index (χ4n) is 2.19. The van der Waals surface area contributed by atoms with E-state index in [1.165, 1.54) is 0 Å². The zero-order chi connectivity index (χ0) is 14.5. The average molecular weight is 336 g/mol. The van der Waals surface area contributed by atoms with Gasteiger partial charge in [-0.15, -0.1) is 0 Å².